The molecule has 1 N–H and O–H groups in total. The summed E-state index contributed by atoms with van der Waals surface area (Å²) in [5.41, 5.74) is 0. The van der Waals surface area contributed by atoms with Gasteiger partial charge in [-0.25, -0.2) is 4.98 Å². The van der Waals surface area contributed by atoms with Gasteiger partial charge in [0.1, 0.15) is 6.54 Å². The molecule has 0 saturated heterocycles. The number of amides is 1. The molecule has 0 spiro atoms. The number of aryl methyl sites for hydroxylation is 1. The zero-order valence-corrected chi connectivity index (χ0v) is 12.5. The maximum atomic E-state index is 12.1. The molecule has 1 aromatic rings. The summed E-state index contributed by atoms with van der Waals surface area (Å²) in [5, 5.41) is 12.3. The summed E-state index contributed by atoms with van der Waals surface area (Å²) in [6, 6.07) is 1.96. The van der Waals surface area contributed by atoms with Crippen LogP contribution in [0.4, 0.5) is 0 Å². The van der Waals surface area contributed by atoms with Gasteiger partial charge in [-0.15, -0.1) is 0 Å². The van der Waals surface area contributed by atoms with E-state index < -0.39 is 0 Å². The molecule has 6 heteroatoms. The summed E-state index contributed by atoms with van der Waals surface area (Å²) >= 11 is 1.71. The highest BCUT2D eigenvalue weighted by molar-refractivity contribution is 7.99. The first-order chi connectivity index (χ1) is 9.72. The minimum atomic E-state index is 0.0386. The molecule has 20 heavy (non-hydrogen) atoms. The Morgan fingerprint density at radius 2 is 2.40 bits per heavy atom. The smallest absolute Gasteiger partial charge is 0.224 e. The molecule has 5 nitrogen and oxygen atoms in total. The second kappa shape index (κ2) is 7.34. The highest BCUT2D eigenvalue weighted by Gasteiger charge is 2.30. The number of nitrogens with zero attached hydrogens (tertiary/aromatic N) is 3. The van der Waals surface area contributed by atoms with Crippen molar-refractivity contribution in [3.05, 3.63) is 12.4 Å². The van der Waals surface area contributed by atoms with Gasteiger partial charge in [-0.2, -0.15) is 5.26 Å². The molecule has 2 rings (SSSR count). The van der Waals surface area contributed by atoms with Gasteiger partial charge in [-0.05, 0) is 18.8 Å². The molecular weight excluding hydrogens is 272 g/mol. The van der Waals surface area contributed by atoms with Crippen molar-refractivity contribution in [3.63, 3.8) is 0 Å². The van der Waals surface area contributed by atoms with Crippen LogP contribution in [-0.2, 0) is 11.8 Å². The Hall–Kier alpha value is -1.48. The molecule has 1 fully saturated rings. The Kier molecular flexibility index (Phi) is 5.48. The second-order valence-electron chi connectivity index (χ2n) is 5.16. The quantitative estimate of drug-likeness (QED) is 0.665. The lowest BCUT2D eigenvalue weighted by Crippen LogP contribution is -2.37. The first-order valence-electron chi connectivity index (χ1n) is 6.97. The fourth-order valence-electron chi connectivity index (χ4n) is 2.68. The predicted octanol–water partition coefficient (Wildman–Crippen LogP) is 1.96. The van der Waals surface area contributed by atoms with Crippen molar-refractivity contribution in [2.75, 3.05) is 12.3 Å². The summed E-state index contributed by atoms with van der Waals surface area (Å²) in [6.45, 7) is 0.106. The lowest BCUT2D eigenvalue weighted by atomic mass is 9.80. The SMILES string of the molecule is Cn1ccnc1SCC1CCCCC1C(=O)NCC#N. The average molecular weight is 292 g/mol. The van der Waals surface area contributed by atoms with Gasteiger partial charge in [0.05, 0.1) is 6.07 Å². The van der Waals surface area contributed by atoms with Crippen LogP contribution in [0.15, 0.2) is 17.6 Å². The van der Waals surface area contributed by atoms with Gasteiger partial charge in [0.2, 0.25) is 5.91 Å². The highest BCUT2D eigenvalue weighted by Crippen LogP contribution is 2.34. The third-order valence-corrected chi connectivity index (χ3v) is 5.04. The summed E-state index contributed by atoms with van der Waals surface area (Å²) in [6.07, 6.45) is 8.04. The van der Waals surface area contributed by atoms with E-state index in [1.165, 1.54) is 6.42 Å². The van der Waals surface area contributed by atoms with Crippen molar-refractivity contribution in [1.82, 2.24) is 14.9 Å². The Labute approximate surface area is 123 Å². The van der Waals surface area contributed by atoms with Crippen molar-refractivity contribution < 1.29 is 4.79 Å². The predicted molar refractivity (Wildman–Crippen MR) is 78.0 cm³/mol. The molecule has 0 aliphatic heterocycles. The van der Waals surface area contributed by atoms with Crippen molar-refractivity contribution >= 4 is 17.7 Å². The van der Waals surface area contributed by atoms with Crippen LogP contribution in [0.2, 0.25) is 0 Å². The number of carbonyl (C=O) groups is 1. The Morgan fingerprint density at radius 3 is 3.10 bits per heavy atom. The van der Waals surface area contributed by atoms with Crippen molar-refractivity contribution in [3.8, 4) is 6.07 Å². The first-order valence-corrected chi connectivity index (χ1v) is 7.95. The average Bonchev–Trinajstić information content (AvgIpc) is 2.88. The fourth-order valence-corrected chi connectivity index (χ4v) is 3.84. The molecule has 1 heterocycles. The van der Waals surface area contributed by atoms with Crippen LogP contribution in [0.1, 0.15) is 25.7 Å². The molecule has 0 radical (unpaired) electrons. The van der Waals surface area contributed by atoms with E-state index in [1.54, 1.807) is 18.0 Å². The van der Waals surface area contributed by atoms with E-state index >= 15 is 0 Å². The minimum absolute atomic E-state index is 0.0386. The van der Waals surface area contributed by atoms with Crippen LogP contribution < -0.4 is 5.32 Å². The molecule has 108 valence electrons. The Balaban J connectivity index is 1.91. The number of nitrogens with one attached hydrogen (secondary N) is 1. The summed E-state index contributed by atoms with van der Waals surface area (Å²) < 4.78 is 2.00. The van der Waals surface area contributed by atoms with Crippen LogP contribution in [0.5, 0.6) is 0 Å². The summed E-state index contributed by atoms with van der Waals surface area (Å²) in [4.78, 5) is 16.4. The highest BCUT2D eigenvalue weighted by atomic mass is 32.2. The van der Waals surface area contributed by atoms with Gasteiger partial charge in [0.15, 0.2) is 5.16 Å². The summed E-state index contributed by atoms with van der Waals surface area (Å²) in [7, 11) is 1.98. The van der Waals surface area contributed by atoms with Crippen LogP contribution in [0.25, 0.3) is 0 Å². The molecule has 2 unspecified atom stereocenters. The number of thioether (sulfide) groups is 1. The van der Waals surface area contributed by atoms with Gasteiger partial charge in [-0.3, -0.25) is 4.79 Å². The van der Waals surface area contributed by atoms with Gasteiger partial charge >= 0.3 is 0 Å². The molecule has 1 amide bonds. The van der Waals surface area contributed by atoms with Gasteiger partial charge in [0.25, 0.3) is 0 Å². The molecule has 1 aliphatic rings. The fraction of sp³-hybridized carbons (Fsp3) is 0.643. The van der Waals surface area contributed by atoms with Crippen LogP contribution in [0, 0.1) is 23.2 Å². The van der Waals surface area contributed by atoms with E-state index in [9.17, 15) is 4.79 Å². The lowest BCUT2D eigenvalue weighted by molar-refractivity contribution is -0.127. The third kappa shape index (κ3) is 3.76. The van der Waals surface area contributed by atoms with E-state index in [-0.39, 0.29) is 18.4 Å². The lowest BCUT2D eigenvalue weighted by Gasteiger charge is -2.30. The Bertz CT molecular complexity index is 494. The molecular formula is C14H20N4OS. The summed E-state index contributed by atoms with van der Waals surface area (Å²) in [5.74, 6) is 1.38. The normalized spacial score (nSPS) is 22.2. The number of nitriles is 1. The molecule has 1 aromatic heterocycles. The number of aromatic nitrogens is 2. The van der Waals surface area contributed by atoms with E-state index in [4.69, 9.17) is 5.26 Å². The number of hydrogen-bond acceptors (Lipinski definition) is 4. The van der Waals surface area contributed by atoms with Crippen LogP contribution in [-0.4, -0.2) is 27.8 Å². The van der Waals surface area contributed by atoms with Crippen LogP contribution >= 0.6 is 11.8 Å². The zero-order chi connectivity index (χ0) is 14.4. The molecule has 2 atom stereocenters. The zero-order valence-electron chi connectivity index (χ0n) is 11.7. The first kappa shape index (κ1) is 14.9. The number of rotatable bonds is 5. The van der Waals surface area contributed by atoms with E-state index in [1.807, 2.05) is 23.9 Å². The van der Waals surface area contributed by atoms with E-state index in [0.717, 1.165) is 30.2 Å². The molecule has 1 saturated carbocycles. The number of hydrogen-bond donors (Lipinski definition) is 1. The van der Waals surface area contributed by atoms with Crippen molar-refractivity contribution in [2.45, 2.75) is 30.8 Å². The van der Waals surface area contributed by atoms with Gasteiger partial charge in [-0.1, -0.05) is 24.6 Å². The monoisotopic (exact) mass is 292 g/mol. The number of imidazole rings is 1. The standard InChI is InChI=1S/C14H20N4OS/c1-18-9-8-17-14(18)20-10-11-4-2-3-5-12(11)13(19)16-7-6-15/h8-9,11-12H,2-5,7,10H2,1H3,(H,16,19). The molecule has 0 aromatic carbocycles. The maximum Gasteiger partial charge on any atom is 0.224 e. The van der Waals surface area contributed by atoms with Crippen molar-refractivity contribution in [2.24, 2.45) is 18.9 Å². The van der Waals surface area contributed by atoms with Crippen molar-refractivity contribution in [1.29, 1.82) is 5.26 Å². The minimum Gasteiger partial charge on any atom is -0.343 e. The van der Waals surface area contributed by atoms with Gasteiger partial charge < -0.3 is 9.88 Å². The number of carbonyl (C=O) groups excluding carboxylic acids is 1. The van der Waals surface area contributed by atoms with Crippen LogP contribution in [0.3, 0.4) is 0 Å². The second-order valence-corrected chi connectivity index (χ2v) is 6.15. The largest absolute Gasteiger partial charge is 0.343 e. The Morgan fingerprint density at radius 1 is 1.60 bits per heavy atom. The topological polar surface area (TPSA) is 70.7 Å². The molecule has 1 aliphatic carbocycles. The van der Waals surface area contributed by atoms with Gasteiger partial charge in [0, 0.05) is 31.1 Å². The molecule has 0 bridgehead atoms. The van der Waals surface area contributed by atoms with E-state index in [0.29, 0.717) is 5.92 Å². The third-order valence-electron chi connectivity index (χ3n) is 3.79. The maximum absolute atomic E-state index is 12.1. The van der Waals surface area contributed by atoms with E-state index in [2.05, 4.69) is 10.3 Å².